The molecule has 4 nitrogen and oxygen atoms in total. The Morgan fingerprint density at radius 2 is 1.28 bits per heavy atom. The first-order chi connectivity index (χ1) is 7.77. The van der Waals surface area contributed by atoms with Gasteiger partial charge in [-0.05, 0) is 27.7 Å². The third kappa shape index (κ3) is 7.41. The molecule has 0 fully saturated rings. The number of hydrogen-bond donors (Lipinski definition) is 0. The Balaban J connectivity index is 0. The van der Waals surface area contributed by atoms with E-state index in [1.807, 2.05) is 28.2 Å². The van der Waals surface area contributed by atoms with Crippen molar-refractivity contribution in [1.29, 1.82) is 0 Å². The van der Waals surface area contributed by atoms with E-state index < -0.39 is 0 Å². The maximum absolute atomic E-state index is 4.65. The van der Waals surface area contributed by atoms with Crippen LogP contribution in [-0.2, 0) is 0 Å². The van der Waals surface area contributed by atoms with Gasteiger partial charge in [0.05, 0.1) is 6.54 Å². The molecule has 0 aromatic carbocycles. The summed E-state index contributed by atoms with van der Waals surface area (Å²) in [5.74, 6) is 1.03. The van der Waals surface area contributed by atoms with Crippen LogP contribution in [0.2, 0.25) is 0 Å². The van der Waals surface area contributed by atoms with E-state index in [0.29, 0.717) is 12.1 Å². The van der Waals surface area contributed by atoms with Gasteiger partial charge in [0.2, 0.25) is 0 Å². The molecule has 0 amide bonds. The van der Waals surface area contributed by atoms with Crippen molar-refractivity contribution in [3.05, 3.63) is 0 Å². The Hall–Kier alpha value is -0.0400. The highest BCUT2D eigenvalue weighted by atomic mass is 127. The molecule has 0 aliphatic carbocycles. The van der Waals surface area contributed by atoms with Crippen molar-refractivity contribution in [2.24, 2.45) is 4.99 Å². The maximum atomic E-state index is 4.65. The van der Waals surface area contributed by atoms with Crippen LogP contribution in [-0.4, -0.2) is 74.0 Å². The number of hydrogen-bond acceptors (Lipinski definition) is 2. The van der Waals surface area contributed by atoms with E-state index in [-0.39, 0.29) is 24.0 Å². The Morgan fingerprint density at radius 1 is 0.889 bits per heavy atom. The molecule has 0 unspecified atom stereocenters. The molecule has 0 N–H and O–H groups in total. The van der Waals surface area contributed by atoms with E-state index in [2.05, 4.69) is 47.4 Å². The first-order valence-electron chi connectivity index (χ1n) is 6.42. The second-order valence-electron chi connectivity index (χ2n) is 5.40. The lowest BCUT2D eigenvalue weighted by Crippen LogP contribution is -2.40. The Bertz CT molecular complexity index is 219. The maximum Gasteiger partial charge on any atom is 0.195 e. The van der Waals surface area contributed by atoms with Gasteiger partial charge < -0.3 is 9.80 Å². The van der Waals surface area contributed by atoms with Crippen LogP contribution in [0.5, 0.6) is 0 Å². The molecule has 0 spiro atoms. The second kappa shape index (κ2) is 9.83. The fraction of sp³-hybridized carbons (Fsp3) is 0.923. The number of nitrogens with zero attached hydrogens (tertiary/aromatic N) is 4. The van der Waals surface area contributed by atoms with E-state index in [9.17, 15) is 0 Å². The first kappa shape index (κ1) is 20.3. The van der Waals surface area contributed by atoms with Crippen LogP contribution in [0.15, 0.2) is 4.99 Å². The molecule has 0 heterocycles. The molecule has 0 aliphatic rings. The van der Waals surface area contributed by atoms with Crippen molar-refractivity contribution in [1.82, 2.24) is 14.7 Å². The van der Waals surface area contributed by atoms with Crippen LogP contribution in [0.4, 0.5) is 0 Å². The van der Waals surface area contributed by atoms with Crippen molar-refractivity contribution in [2.45, 2.75) is 39.8 Å². The zero-order chi connectivity index (χ0) is 13.6. The van der Waals surface area contributed by atoms with Gasteiger partial charge in [0.25, 0.3) is 0 Å². The lowest BCUT2D eigenvalue weighted by molar-refractivity contribution is 0.180. The van der Waals surface area contributed by atoms with E-state index in [0.717, 1.165) is 19.0 Å². The SMILES string of the molecule is CC(C)N(CCN=C(N(C)C)N(C)C)C(C)C.I. The minimum absolute atomic E-state index is 0. The van der Waals surface area contributed by atoms with Crippen LogP contribution in [0, 0.1) is 0 Å². The Morgan fingerprint density at radius 3 is 1.56 bits per heavy atom. The molecule has 5 heteroatoms. The predicted octanol–water partition coefficient (Wildman–Crippen LogP) is 2.20. The second-order valence-corrected chi connectivity index (χ2v) is 5.40. The molecule has 0 radical (unpaired) electrons. The van der Waals surface area contributed by atoms with Crippen LogP contribution in [0.1, 0.15) is 27.7 Å². The Labute approximate surface area is 130 Å². The lowest BCUT2D eigenvalue weighted by atomic mass is 10.2. The van der Waals surface area contributed by atoms with Gasteiger partial charge in [0.15, 0.2) is 5.96 Å². The summed E-state index contributed by atoms with van der Waals surface area (Å²) >= 11 is 0. The molecule has 110 valence electrons. The van der Waals surface area contributed by atoms with Gasteiger partial charge in [0, 0.05) is 46.8 Å². The molecule has 0 saturated heterocycles. The third-order valence-corrected chi connectivity index (χ3v) is 2.74. The van der Waals surface area contributed by atoms with Crippen LogP contribution < -0.4 is 0 Å². The molecule has 18 heavy (non-hydrogen) atoms. The molecule has 0 saturated carbocycles. The minimum Gasteiger partial charge on any atom is -0.349 e. The highest BCUT2D eigenvalue weighted by Crippen LogP contribution is 2.04. The van der Waals surface area contributed by atoms with Gasteiger partial charge in [0.1, 0.15) is 0 Å². The number of halogens is 1. The zero-order valence-corrected chi connectivity index (χ0v) is 15.6. The van der Waals surface area contributed by atoms with Gasteiger partial charge in [-0.15, -0.1) is 24.0 Å². The van der Waals surface area contributed by atoms with E-state index >= 15 is 0 Å². The van der Waals surface area contributed by atoms with Crippen molar-refractivity contribution in [2.75, 3.05) is 41.3 Å². The number of rotatable bonds is 5. The number of guanidine groups is 1. The highest BCUT2D eigenvalue weighted by Gasteiger charge is 2.12. The van der Waals surface area contributed by atoms with Crippen molar-refractivity contribution in [3.63, 3.8) is 0 Å². The fourth-order valence-corrected chi connectivity index (χ4v) is 2.06. The normalized spacial score (nSPS) is 10.6. The summed E-state index contributed by atoms with van der Waals surface area (Å²) in [6, 6.07) is 1.15. The average molecular weight is 370 g/mol. The van der Waals surface area contributed by atoms with Crippen LogP contribution >= 0.6 is 24.0 Å². The smallest absolute Gasteiger partial charge is 0.195 e. The summed E-state index contributed by atoms with van der Waals surface area (Å²) in [6.45, 7) is 10.8. The van der Waals surface area contributed by atoms with Crippen molar-refractivity contribution in [3.8, 4) is 0 Å². The third-order valence-electron chi connectivity index (χ3n) is 2.74. The summed E-state index contributed by atoms with van der Waals surface area (Å²) in [4.78, 5) is 11.2. The molecule has 0 aliphatic heterocycles. The standard InChI is InChI=1S/C13H30N4.HI/c1-11(2)17(12(3)4)10-9-14-13(15(5)6)16(7)8;/h11-12H,9-10H2,1-8H3;1H. The van der Waals surface area contributed by atoms with E-state index in [1.54, 1.807) is 0 Å². The van der Waals surface area contributed by atoms with Gasteiger partial charge in [-0.2, -0.15) is 0 Å². The monoisotopic (exact) mass is 370 g/mol. The summed E-state index contributed by atoms with van der Waals surface area (Å²) in [7, 11) is 8.12. The molecule has 0 aromatic rings. The summed E-state index contributed by atoms with van der Waals surface area (Å²) in [6.07, 6.45) is 0. The molecule has 0 aromatic heterocycles. The van der Waals surface area contributed by atoms with E-state index in [1.165, 1.54) is 0 Å². The molecular formula is C13H31IN4. The Kier molecular flexibility index (Phi) is 11.1. The average Bonchev–Trinajstić information content (AvgIpc) is 2.14. The van der Waals surface area contributed by atoms with Crippen LogP contribution in [0.25, 0.3) is 0 Å². The van der Waals surface area contributed by atoms with Crippen molar-refractivity contribution < 1.29 is 0 Å². The summed E-state index contributed by atoms with van der Waals surface area (Å²) in [5, 5.41) is 0. The van der Waals surface area contributed by atoms with E-state index in [4.69, 9.17) is 0 Å². The first-order valence-corrected chi connectivity index (χ1v) is 6.42. The molecule has 0 bridgehead atoms. The number of aliphatic imine (C=N–C) groups is 1. The summed E-state index contributed by atoms with van der Waals surface area (Å²) in [5.41, 5.74) is 0. The van der Waals surface area contributed by atoms with Gasteiger partial charge in [-0.3, -0.25) is 9.89 Å². The minimum atomic E-state index is 0. The topological polar surface area (TPSA) is 22.1 Å². The quantitative estimate of drug-likeness (QED) is 0.421. The largest absolute Gasteiger partial charge is 0.349 e. The molecule has 0 atom stereocenters. The van der Waals surface area contributed by atoms with Crippen LogP contribution in [0.3, 0.4) is 0 Å². The molecule has 0 rings (SSSR count). The van der Waals surface area contributed by atoms with Gasteiger partial charge in [-0.1, -0.05) is 0 Å². The highest BCUT2D eigenvalue weighted by molar-refractivity contribution is 14.0. The molecular weight excluding hydrogens is 339 g/mol. The fourth-order valence-electron chi connectivity index (χ4n) is 2.06. The summed E-state index contributed by atoms with van der Waals surface area (Å²) < 4.78 is 0. The van der Waals surface area contributed by atoms with Gasteiger partial charge in [-0.25, -0.2) is 0 Å². The van der Waals surface area contributed by atoms with Gasteiger partial charge >= 0.3 is 0 Å². The van der Waals surface area contributed by atoms with Crippen molar-refractivity contribution >= 4 is 29.9 Å². The predicted molar refractivity (Wildman–Crippen MR) is 92.1 cm³/mol. The lowest BCUT2D eigenvalue weighted by Gasteiger charge is -2.30. The zero-order valence-electron chi connectivity index (χ0n) is 13.3.